The summed E-state index contributed by atoms with van der Waals surface area (Å²) in [5.41, 5.74) is 7.38. The van der Waals surface area contributed by atoms with Gasteiger partial charge in [-0.2, -0.15) is 0 Å². The Labute approximate surface area is 173 Å². The van der Waals surface area contributed by atoms with E-state index in [-0.39, 0.29) is 36.6 Å². The van der Waals surface area contributed by atoms with E-state index in [1.54, 1.807) is 0 Å². The van der Waals surface area contributed by atoms with Crippen LogP contribution in [0, 0.1) is 0 Å². The summed E-state index contributed by atoms with van der Waals surface area (Å²) < 4.78 is 0. The summed E-state index contributed by atoms with van der Waals surface area (Å²) in [6.07, 6.45) is 3.89. The van der Waals surface area contributed by atoms with Gasteiger partial charge in [0.15, 0.2) is 0 Å². The van der Waals surface area contributed by atoms with Crippen LogP contribution in [-0.4, -0.2) is 72.3 Å². The molecule has 0 spiro atoms. The lowest BCUT2D eigenvalue weighted by molar-refractivity contribution is -0.135. The number of likely N-dealkylation sites (tertiary alicyclic amines) is 1. The molecule has 2 aliphatic heterocycles. The molecule has 2 heterocycles. The van der Waals surface area contributed by atoms with Crippen LogP contribution in [0.3, 0.4) is 0 Å². The molecule has 0 unspecified atom stereocenters. The molecule has 1 aromatic carbocycles. The van der Waals surface area contributed by atoms with Crippen LogP contribution >= 0.6 is 24.8 Å². The number of carbonyl (C=O) groups excluding carboxylic acids is 2. The maximum atomic E-state index is 12.4. The zero-order valence-electron chi connectivity index (χ0n) is 15.6. The van der Waals surface area contributed by atoms with Crippen LogP contribution in [0.5, 0.6) is 0 Å². The van der Waals surface area contributed by atoms with Gasteiger partial charge in [-0.1, -0.05) is 12.1 Å². The number of piperazine rings is 1. The number of nitrogens with zero attached hydrogens (tertiary/aromatic N) is 3. The number of nitrogen functional groups attached to an aromatic ring is 1. The summed E-state index contributed by atoms with van der Waals surface area (Å²) in [5, 5.41) is 0. The standard InChI is InChI=1S/C19H28N4O2.2ClH/c20-17-6-4-16(5-7-17)14-18(24)23-12-10-21(11-13-23)15-19(25)22-8-2-1-3-9-22;;/h4-7H,1-3,8-15,20H2;2*1H. The fraction of sp³-hybridized carbons (Fsp3) is 0.579. The van der Waals surface area contributed by atoms with Crippen LogP contribution in [0.2, 0.25) is 0 Å². The summed E-state index contributed by atoms with van der Waals surface area (Å²) in [6, 6.07) is 7.46. The number of hydrogen-bond donors (Lipinski definition) is 1. The Bertz CT molecular complexity index is 598. The largest absolute Gasteiger partial charge is 0.399 e. The van der Waals surface area contributed by atoms with Crippen molar-refractivity contribution in [3.8, 4) is 0 Å². The van der Waals surface area contributed by atoms with Gasteiger partial charge in [-0.3, -0.25) is 14.5 Å². The number of halogens is 2. The molecule has 152 valence electrons. The number of piperidine rings is 1. The molecular formula is C19H30Cl2N4O2. The second kappa shape index (κ2) is 11.4. The number of amides is 2. The van der Waals surface area contributed by atoms with Crippen molar-refractivity contribution in [1.82, 2.24) is 14.7 Å². The number of carbonyl (C=O) groups is 2. The molecule has 0 atom stereocenters. The summed E-state index contributed by atoms with van der Waals surface area (Å²) in [5.74, 6) is 0.383. The topological polar surface area (TPSA) is 69.9 Å². The van der Waals surface area contributed by atoms with Crippen molar-refractivity contribution in [1.29, 1.82) is 0 Å². The first kappa shape index (κ1) is 23.5. The second-order valence-corrected chi connectivity index (χ2v) is 7.02. The minimum Gasteiger partial charge on any atom is -0.399 e. The molecule has 2 fully saturated rings. The predicted octanol–water partition coefficient (Wildman–Crippen LogP) is 1.81. The van der Waals surface area contributed by atoms with Gasteiger partial charge in [-0.25, -0.2) is 0 Å². The predicted molar refractivity (Wildman–Crippen MR) is 113 cm³/mol. The number of nitrogens with two attached hydrogens (primary N) is 1. The highest BCUT2D eigenvalue weighted by Crippen LogP contribution is 2.12. The molecule has 0 aliphatic carbocycles. The molecule has 6 nitrogen and oxygen atoms in total. The van der Waals surface area contributed by atoms with Gasteiger partial charge in [0, 0.05) is 45.0 Å². The van der Waals surface area contributed by atoms with E-state index in [0.717, 1.165) is 44.6 Å². The van der Waals surface area contributed by atoms with E-state index < -0.39 is 0 Å². The van der Waals surface area contributed by atoms with Crippen molar-refractivity contribution in [2.75, 3.05) is 51.5 Å². The van der Waals surface area contributed by atoms with E-state index in [9.17, 15) is 9.59 Å². The summed E-state index contributed by atoms with van der Waals surface area (Å²) in [4.78, 5) is 30.8. The number of anilines is 1. The number of hydrogen-bond acceptors (Lipinski definition) is 4. The molecule has 0 saturated carbocycles. The maximum absolute atomic E-state index is 12.4. The van der Waals surface area contributed by atoms with Crippen molar-refractivity contribution >= 4 is 42.3 Å². The molecule has 0 radical (unpaired) electrons. The fourth-order valence-electron chi connectivity index (χ4n) is 3.51. The molecule has 1 aromatic rings. The van der Waals surface area contributed by atoms with Crippen LogP contribution < -0.4 is 5.73 Å². The van der Waals surface area contributed by atoms with E-state index in [0.29, 0.717) is 31.7 Å². The minimum absolute atomic E-state index is 0. The third-order valence-corrected chi connectivity index (χ3v) is 5.13. The second-order valence-electron chi connectivity index (χ2n) is 7.02. The third-order valence-electron chi connectivity index (χ3n) is 5.13. The summed E-state index contributed by atoms with van der Waals surface area (Å²) in [7, 11) is 0. The highest BCUT2D eigenvalue weighted by atomic mass is 35.5. The molecule has 2 aliphatic rings. The molecule has 0 aromatic heterocycles. The van der Waals surface area contributed by atoms with E-state index in [4.69, 9.17) is 5.73 Å². The molecule has 3 rings (SSSR count). The molecule has 2 amide bonds. The van der Waals surface area contributed by atoms with Crippen molar-refractivity contribution in [3.05, 3.63) is 29.8 Å². The van der Waals surface area contributed by atoms with Crippen molar-refractivity contribution in [2.24, 2.45) is 0 Å². The Kier molecular flexibility index (Phi) is 9.91. The molecule has 2 N–H and O–H groups in total. The van der Waals surface area contributed by atoms with E-state index in [1.807, 2.05) is 34.1 Å². The lowest BCUT2D eigenvalue weighted by Gasteiger charge is -2.36. The molecule has 8 heteroatoms. The SMILES string of the molecule is Cl.Cl.Nc1ccc(CC(=O)N2CCN(CC(=O)N3CCCCC3)CC2)cc1. The first-order valence-electron chi connectivity index (χ1n) is 9.24. The Morgan fingerprint density at radius 3 is 1.93 bits per heavy atom. The molecule has 2 saturated heterocycles. The Morgan fingerprint density at radius 1 is 0.778 bits per heavy atom. The van der Waals surface area contributed by atoms with Crippen molar-refractivity contribution in [2.45, 2.75) is 25.7 Å². The molecular weight excluding hydrogens is 387 g/mol. The van der Waals surface area contributed by atoms with E-state index in [2.05, 4.69) is 4.90 Å². The summed E-state index contributed by atoms with van der Waals surface area (Å²) in [6.45, 7) is 5.22. The highest BCUT2D eigenvalue weighted by Gasteiger charge is 2.24. The van der Waals surface area contributed by atoms with Gasteiger partial charge < -0.3 is 15.5 Å². The fourth-order valence-corrected chi connectivity index (χ4v) is 3.51. The highest BCUT2D eigenvalue weighted by molar-refractivity contribution is 5.85. The first-order valence-corrected chi connectivity index (χ1v) is 9.24. The quantitative estimate of drug-likeness (QED) is 0.759. The molecule has 27 heavy (non-hydrogen) atoms. The maximum Gasteiger partial charge on any atom is 0.236 e. The zero-order chi connectivity index (χ0) is 17.6. The van der Waals surface area contributed by atoms with Crippen LogP contribution in [0.25, 0.3) is 0 Å². The van der Waals surface area contributed by atoms with Crippen LogP contribution in [-0.2, 0) is 16.0 Å². The van der Waals surface area contributed by atoms with Crippen molar-refractivity contribution < 1.29 is 9.59 Å². The van der Waals surface area contributed by atoms with Gasteiger partial charge in [-0.15, -0.1) is 24.8 Å². The zero-order valence-corrected chi connectivity index (χ0v) is 17.3. The lowest BCUT2D eigenvalue weighted by atomic mass is 10.1. The average Bonchev–Trinajstić information content (AvgIpc) is 2.65. The van der Waals surface area contributed by atoms with E-state index in [1.165, 1.54) is 6.42 Å². The third kappa shape index (κ3) is 6.87. The van der Waals surface area contributed by atoms with Gasteiger partial charge in [0.25, 0.3) is 0 Å². The molecule has 0 bridgehead atoms. The Balaban J connectivity index is 0.00000182. The minimum atomic E-state index is 0. The smallest absolute Gasteiger partial charge is 0.236 e. The lowest BCUT2D eigenvalue weighted by Crippen LogP contribution is -2.52. The van der Waals surface area contributed by atoms with Crippen LogP contribution in [0.1, 0.15) is 24.8 Å². The van der Waals surface area contributed by atoms with Gasteiger partial charge >= 0.3 is 0 Å². The average molecular weight is 417 g/mol. The Hall–Kier alpha value is -1.50. The van der Waals surface area contributed by atoms with Gasteiger partial charge in [-0.05, 0) is 37.0 Å². The monoisotopic (exact) mass is 416 g/mol. The summed E-state index contributed by atoms with van der Waals surface area (Å²) >= 11 is 0. The van der Waals surface area contributed by atoms with Gasteiger partial charge in [0.2, 0.25) is 11.8 Å². The first-order chi connectivity index (χ1) is 12.1. The van der Waals surface area contributed by atoms with E-state index >= 15 is 0 Å². The normalized spacial score (nSPS) is 17.6. The van der Waals surface area contributed by atoms with Crippen LogP contribution in [0.15, 0.2) is 24.3 Å². The number of benzene rings is 1. The Morgan fingerprint density at radius 2 is 1.33 bits per heavy atom. The van der Waals surface area contributed by atoms with Gasteiger partial charge in [0.05, 0.1) is 13.0 Å². The van der Waals surface area contributed by atoms with Crippen molar-refractivity contribution in [3.63, 3.8) is 0 Å². The van der Waals surface area contributed by atoms with Crippen LogP contribution in [0.4, 0.5) is 5.69 Å². The number of rotatable bonds is 4. The van der Waals surface area contributed by atoms with Gasteiger partial charge in [0.1, 0.15) is 0 Å².